The number of allylic oxidation sites excluding steroid dienone is 4. The summed E-state index contributed by atoms with van der Waals surface area (Å²) in [5.74, 6) is 3.24. The monoisotopic (exact) mass is 490 g/mol. The van der Waals surface area contributed by atoms with E-state index in [4.69, 9.17) is 18.9 Å². The van der Waals surface area contributed by atoms with Crippen molar-refractivity contribution in [2.24, 2.45) is 0 Å². The highest BCUT2D eigenvalue weighted by atomic mass is 16.5. The first-order valence-corrected chi connectivity index (χ1v) is 12.9. The Morgan fingerprint density at radius 1 is 0.722 bits per heavy atom. The van der Waals surface area contributed by atoms with Gasteiger partial charge >= 0.3 is 0 Å². The largest absolute Gasteiger partial charge is 0.507 e. The van der Waals surface area contributed by atoms with Crippen LogP contribution in [0.4, 0.5) is 0 Å². The molecule has 1 aromatic rings. The average molecular weight is 491 g/mol. The summed E-state index contributed by atoms with van der Waals surface area (Å²) in [5.41, 5.74) is 3.33. The number of hydrogen-bond acceptors (Lipinski definition) is 6. The lowest BCUT2D eigenvalue weighted by molar-refractivity contribution is -0.110. The third-order valence-corrected chi connectivity index (χ3v) is 7.81. The van der Waals surface area contributed by atoms with Crippen LogP contribution in [0.15, 0.2) is 40.9 Å². The van der Waals surface area contributed by atoms with Gasteiger partial charge in [-0.1, -0.05) is 0 Å². The van der Waals surface area contributed by atoms with Crippen molar-refractivity contribution >= 4 is 11.5 Å². The summed E-state index contributed by atoms with van der Waals surface area (Å²) in [6, 6.07) is 0. The SMILES string of the molecule is CC1(C)CCC2=C(O1)c1c(c3c(c4c1OC(C)(C)CC4)OC(C)(C)CC3)O/C2=C1/C=CC(=O)C=C1O. The molecule has 4 aliphatic heterocycles. The molecule has 6 heteroatoms. The lowest BCUT2D eigenvalue weighted by Crippen LogP contribution is -2.38. The van der Waals surface area contributed by atoms with Crippen molar-refractivity contribution in [3.05, 3.63) is 57.6 Å². The number of fused-ring (bicyclic) bond motifs is 7. The molecule has 5 aliphatic rings. The van der Waals surface area contributed by atoms with Gasteiger partial charge in [-0.25, -0.2) is 0 Å². The lowest BCUT2D eigenvalue weighted by atomic mass is 9.82. The molecule has 0 unspecified atom stereocenters. The number of carbonyl (C=O) groups excluding carboxylic acids is 1. The maximum atomic E-state index is 11.9. The van der Waals surface area contributed by atoms with E-state index in [-0.39, 0.29) is 28.3 Å². The summed E-state index contributed by atoms with van der Waals surface area (Å²) in [4.78, 5) is 11.9. The zero-order valence-electron chi connectivity index (χ0n) is 22.0. The van der Waals surface area contributed by atoms with Crippen LogP contribution in [0.2, 0.25) is 0 Å². The second kappa shape index (κ2) is 7.44. The highest BCUT2D eigenvalue weighted by molar-refractivity contribution is 6.02. The molecule has 0 saturated carbocycles. The van der Waals surface area contributed by atoms with Crippen molar-refractivity contribution in [3.8, 4) is 17.2 Å². The molecule has 0 spiro atoms. The summed E-state index contributed by atoms with van der Waals surface area (Å²) < 4.78 is 26.7. The van der Waals surface area contributed by atoms with E-state index < -0.39 is 0 Å². The van der Waals surface area contributed by atoms with Crippen LogP contribution in [0, 0.1) is 0 Å². The molecule has 1 N–H and O–H groups in total. The Kier molecular flexibility index (Phi) is 4.80. The Bertz CT molecular complexity index is 1330. The Hall–Kier alpha value is -3.15. The number of carbonyl (C=O) groups is 1. The van der Waals surface area contributed by atoms with Crippen molar-refractivity contribution < 1.29 is 28.8 Å². The van der Waals surface area contributed by atoms with E-state index in [9.17, 15) is 9.90 Å². The van der Waals surface area contributed by atoms with Crippen LogP contribution in [0.5, 0.6) is 17.2 Å². The number of rotatable bonds is 0. The van der Waals surface area contributed by atoms with E-state index in [1.165, 1.54) is 12.2 Å². The molecule has 36 heavy (non-hydrogen) atoms. The standard InChI is InChI=1S/C30H34O6/c1-28(2)13-10-19-24(34-28)20-11-14-30(5,6)36-27(20)22-25(19)33-23(17-8-7-16(31)15-21(17)32)18-9-12-29(3,4)35-26(18)22/h7-8,15,32H,9-14H2,1-6H3/b23-17-. The first kappa shape index (κ1) is 23.3. The highest BCUT2D eigenvalue weighted by Gasteiger charge is 2.45. The maximum absolute atomic E-state index is 11.9. The van der Waals surface area contributed by atoms with Gasteiger partial charge in [0.2, 0.25) is 0 Å². The molecule has 0 radical (unpaired) electrons. The van der Waals surface area contributed by atoms with Crippen LogP contribution >= 0.6 is 0 Å². The lowest BCUT2D eigenvalue weighted by Gasteiger charge is -2.44. The summed E-state index contributed by atoms with van der Waals surface area (Å²) in [6.45, 7) is 12.6. The summed E-state index contributed by atoms with van der Waals surface area (Å²) >= 11 is 0. The number of aliphatic hydroxyl groups is 1. The number of ketones is 1. The summed E-state index contributed by atoms with van der Waals surface area (Å²) in [7, 11) is 0. The van der Waals surface area contributed by atoms with E-state index in [0.717, 1.165) is 71.6 Å². The molecule has 190 valence electrons. The van der Waals surface area contributed by atoms with Gasteiger partial charge < -0.3 is 24.1 Å². The zero-order valence-corrected chi connectivity index (χ0v) is 22.0. The molecule has 6 rings (SSSR count). The van der Waals surface area contributed by atoms with Crippen molar-refractivity contribution in [3.63, 3.8) is 0 Å². The highest BCUT2D eigenvalue weighted by Crippen LogP contribution is 2.58. The van der Waals surface area contributed by atoms with Gasteiger partial charge in [-0.15, -0.1) is 0 Å². The van der Waals surface area contributed by atoms with Gasteiger partial charge in [0.25, 0.3) is 0 Å². The second-order valence-electron chi connectivity index (χ2n) is 12.3. The van der Waals surface area contributed by atoms with Crippen LogP contribution < -0.4 is 14.2 Å². The van der Waals surface area contributed by atoms with Gasteiger partial charge in [0.15, 0.2) is 5.78 Å². The zero-order chi connectivity index (χ0) is 25.6. The van der Waals surface area contributed by atoms with Crippen molar-refractivity contribution in [2.75, 3.05) is 0 Å². The van der Waals surface area contributed by atoms with E-state index in [1.807, 2.05) is 0 Å². The van der Waals surface area contributed by atoms with Gasteiger partial charge in [0, 0.05) is 22.8 Å². The smallest absolute Gasteiger partial charge is 0.182 e. The molecule has 0 aromatic heterocycles. The van der Waals surface area contributed by atoms with Crippen molar-refractivity contribution in [2.45, 2.75) is 96.9 Å². The molecule has 6 nitrogen and oxygen atoms in total. The number of hydrogen-bond donors (Lipinski definition) is 1. The number of ether oxygens (including phenoxy) is 4. The summed E-state index contributed by atoms with van der Waals surface area (Å²) in [6.07, 6.45) is 9.22. The third-order valence-electron chi connectivity index (χ3n) is 7.81. The van der Waals surface area contributed by atoms with Crippen LogP contribution in [-0.2, 0) is 22.4 Å². The predicted molar refractivity (Wildman–Crippen MR) is 136 cm³/mol. The number of benzene rings is 1. The van der Waals surface area contributed by atoms with Crippen molar-refractivity contribution in [1.29, 1.82) is 0 Å². The molecule has 0 bridgehead atoms. The normalized spacial score (nSPS) is 26.7. The molecule has 4 heterocycles. The van der Waals surface area contributed by atoms with Crippen LogP contribution in [-0.4, -0.2) is 27.7 Å². The topological polar surface area (TPSA) is 74.2 Å². The fourth-order valence-electron chi connectivity index (χ4n) is 5.74. The Morgan fingerprint density at radius 3 is 1.97 bits per heavy atom. The molecular formula is C30H34O6. The van der Waals surface area contributed by atoms with E-state index in [2.05, 4.69) is 41.5 Å². The quantitative estimate of drug-likeness (QED) is 0.452. The van der Waals surface area contributed by atoms with Gasteiger partial charge in [-0.2, -0.15) is 0 Å². The Balaban J connectivity index is 1.67. The number of aliphatic hydroxyl groups excluding tert-OH is 1. The second-order valence-corrected chi connectivity index (χ2v) is 12.3. The fourth-order valence-corrected chi connectivity index (χ4v) is 5.74. The Labute approximate surface area is 212 Å². The average Bonchev–Trinajstić information content (AvgIpc) is 2.76. The van der Waals surface area contributed by atoms with Crippen LogP contribution in [0.1, 0.15) is 83.9 Å². The molecule has 1 aromatic carbocycles. The van der Waals surface area contributed by atoms with Gasteiger partial charge in [0.05, 0.1) is 5.57 Å². The van der Waals surface area contributed by atoms with E-state index in [1.54, 1.807) is 6.08 Å². The molecule has 1 aliphatic carbocycles. The van der Waals surface area contributed by atoms with Gasteiger partial charge in [-0.3, -0.25) is 4.79 Å². The van der Waals surface area contributed by atoms with Gasteiger partial charge in [0.1, 0.15) is 56.9 Å². The molecule has 0 saturated heterocycles. The first-order valence-electron chi connectivity index (χ1n) is 12.9. The minimum absolute atomic E-state index is 0.0979. The molecule has 0 fully saturated rings. The molecule has 0 atom stereocenters. The Morgan fingerprint density at radius 2 is 1.31 bits per heavy atom. The third kappa shape index (κ3) is 3.64. The first-order chi connectivity index (χ1) is 16.8. The summed E-state index contributed by atoms with van der Waals surface area (Å²) in [5, 5.41) is 10.7. The van der Waals surface area contributed by atoms with E-state index >= 15 is 0 Å². The van der Waals surface area contributed by atoms with E-state index in [0.29, 0.717) is 23.5 Å². The van der Waals surface area contributed by atoms with Gasteiger partial charge in [-0.05, 0) is 92.2 Å². The van der Waals surface area contributed by atoms with Crippen LogP contribution in [0.25, 0.3) is 5.76 Å². The van der Waals surface area contributed by atoms with Crippen LogP contribution in [0.3, 0.4) is 0 Å². The molecule has 0 amide bonds. The fraction of sp³-hybridized carbons (Fsp3) is 0.500. The molecular weight excluding hydrogens is 456 g/mol. The minimum atomic E-state index is -0.370. The maximum Gasteiger partial charge on any atom is 0.182 e. The van der Waals surface area contributed by atoms with Crippen molar-refractivity contribution in [1.82, 2.24) is 0 Å². The minimum Gasteiger partial charge on any atom is -0.507 e. The predicted octanol–water partition coefficient (Wildman–Crippen LogP) is 6.42.